The molecule has 7 nitrogen and oxygen atoms in total. The van der Waals surface area contributed by atoms with Gasteiger partial charge in [-0.1, -0.05) is 31.0 Å². The second-order valence-corrected chi connectivity index (χ2v) is 5.11. The van der Waals surface area contributed by atoms with Crippen LogP contribution in [-0.4, -0.2) is 28.9 Å². The quantitative estimate of drug-likeness (QED) is 0.251. The zero-order valence-corrected chi connectivity index (χ0v) is 11.0. The van der Waals surface area contributed by atoms with Gasteiger partial charge in [0.2, 0.25) is 5.91 Å². The van der Waals surface area contributed by atoms with Crippen LogP contribution in [0, 0.1) is 0 Å². The fourth-order valence-electron chi connectivity index (χ4n) is 1.81. The van der Waals surface area contributed by atoms with Crippen molar-refractivity contribution in [2.75, 3.05) is 5.75 Å². The number of thioether (sulfide) groups is 1. The molecule has 1 aliphatic carbocycles. The number of amidine groups is 1. The van der Waals surface area contributed by atoms with E-state index in [-0.39, 0.29) is 17.0 Å². The monoisotopic (exact) mass is 273 g/mol. The van der Waals surface area contributed by atoms with Gasteiger partial charge < -0.3 is 16.9 Å². The zero-order valence-electron chi connectivity index (χ0n) is 10.1. The van der Waals surface area contributed by atoms with Gasteiger partial charge in [-0.05, 0) is 12.8 Å². The van der Waals surface area contributed by atoms with Gasteiger partial charge in [0.15, 0.2) is 5.17 Å². The van der Waals surface area contributed by atoms with E-state index >= 15 is 0 Å². The van der Waals surface area contributed by atoms with Crippen molar-refractivity contribution in [3.8, 4) is 0 Å². The molecule has 8 heteroatoms. The minimum absolute atomic E-state index is 0.0185. The molecule has 0 bridgehead atoms. The summed E-state index contributed by atoms with van der Waals surface area (Å²) in [6.07, 6.45) is 5.41. The summed E-state index contributed by atoms with van der Waals surface area (Å²) < 4.78 is 0. The summed E-state index contributed by atoms with van der Waals surface area (Å²) in [5, 5.41) is 8.35. The Labute approximate surface area is 110 Å². The standard InChI is InChI=1S/C10H19N5O2S/c11-9(15-12)18-6-8(16)14-10(17)13-7-4-2-1-3-5-7/h7H,1-6,12H2,(H2,11,15)(H2,13,14,16,17). The van der Waals surface area contributed by atoms with E-state index in [4.69, 9.17) is 11.6 Å². The molecule has 1 rings (SSSR count). The summed E-state index contributed by atoms with van der Waals surface area (Å²) >= 11 is 0.983. The van der Waals surface area contributed by atoms with Gasteiger partial charge in [0.05, 0.1) is 5.75 Å². The van der Waals surface area contributed by atoms with Crippen LogP contribution in [0.15, 0.2) is 5.10 Å². The average molecular weight is 273 g/mol. The fourth-order valence-corrected chi connectivity index (χ4v) is 2.23. The number of hydrogen-bond acceptors (Lipinski definition) is 5. The summed E-state index contributed by atoms with van der Waals surface area (Å²) in [6, 6.07) is -0.273. The van der Waals surface area contributed by atoms with E-state index in [2.05, 4.69) is 15.7 Å². The van der Waals surface area contributed by atoms with Crippen LogP contribution >= 0.6 is 11.8 Å². The predicted molar refractivity (Wildman–Crippen MR) is 71.8 cm³/mol. The molecule has 0 aromatic rings. The first-order valence-corrected chi connectivity index (χ1v) is 6.87. The summed E-state index contributed by atoms with van der Waals surface area (Å²) in [5.74, 6) is 4.52. The van der Waals surface area contributed by atoms with Crippen molar-refractivity contribution in [2.45, 2.75) is 38.1 Å². The van der Waals surface area contributed by atoms with Gasteiger partial charge in [-0.15, -0.1) is 0 Å². The highest BCUT2D eigenvalue weighted by Crippen LogP contribution is 2.17. The van der Waals surface area contributed by atoms with Crippen LogP contribution in [0.1, 0.15) is 32.1 Å². The van der Waals surface area contributed by atoms with Crippen LogP contribution in [0.25, 0.3) is 0 Å². The lowest BCUT2D eigenvalue weighted by molar-refractivity contribution is -0.117. The van der Waals surface area contributed by atoms with Crippen LogP contribution in [-0.2, 0) is 4.79 Å². The Morgan fingerprint density at radius 1 is 1.28 bits per heavy atom. The molecule has 1 fully saturated rings. The van der Waals surface area contributed by atoms with E-state index in [1.54, 1.807) is 0 Å². The third-order valence-corrected chi connectivity index (χ3v) is 3.48. The lowest BCUT2D eigenvalue weighted by atomic mass is 9.96. The van der Waals surface area contributed by atoms with Crippen molar-refractivity contribution >= 4 is 28.9 Å². The molecule has 1 aliphatic rings. The van der Waals surface area contributed by atoms with Crippen molar-refractivity contribution in [3.05, 3.63) is 0 Å². The number of urea groups is 1. The Morgan fingerprint density at radius 3 is 2.56 bits per heavy atom. The summed E-state index contributed by atoms with van der Waals surface area (Å²) in [5.41, 5.74) is 5.31. The SMILES string of the molecule is NN=C(N)SCC(=O)NC(=O)NC1CCCCC1. The average Bonchev–Trinajstić information content (AvgIpc) is 2.37. The molecular weight excluding hydrogens is 254 g/mol. The summed E-state index contributed by atoms with van der Waals surface area (Å²) in [4.78, 5) is 22.9. The molecule has 0 aliphatic heterocycles. The second kappa shape index (κ2) is 7.80. The molecule has 0 aromatic carbocycles. The van der Waals surface area contributed by atoms with Gasteiger partial charge in [-0.2, -0.15) is 5.10 Å². The number of nitrogens with two attached hydrogens (primary N) is 2. The Morgan fingerprint density at radius 2 is 1.94 bits per heavy atom. The molecule has 0 atom stereocenters. The maximum Gasteiger partial charge on any atom is 0.321 e. The van der Waals surface area contributed by atoms with Gasteiger partial charge in [0.25, 0.3) is 0 Å². The largest absolute Gasteiger partial charge is 0.377 e. The number of amides is 3. The molecule has 102 valence electrons. The van der Waals surface area contributed by atoms with Gasteiger partial charge in [-0.3, -0.25) is 10.1 Å². The summed E-state index contributed by atoms with van der Waals surface area (Å²) in [6.45, 7) is 0. The molecular formula is C10H19N5O2S. The third-order valence-electron chi connectivity index (χ3n) is 2.67. The van der Waals surface area contributed by atoms with E-state index in [0.717, 1.165) is 37.4 Å². The van der Waals surface area contributed by atoms with Crippen LogP contribution in [0.2, 0.25) is 0 Å². The van der Waals surface area contributed by atoms with Gasteiger partial charge in [0.1, 0.15) is 0 Å². The van der Waals surface area contributed by atoms with Crippen molar-refractivity contribution in [1.82, 2.24) is 10.6 Å². The number of hydrogen-bond donors (Lipinski definition) is 4. The van der Waals surface area contributed by atoms with Crippen LogP contribution < -0.4 is 22.2 Å². The lowest BCUT2D eigenvalue weighted by Crippen LogP contribution is -2.45. The number of hydrazone groups is 1. The smallest absolute Gasteiger partial charge is 0.321 e. The molecule has 0 aromatic heterocycles. The van der Waals surface area contributed by atoms with Crippen LogP contribution in [0.3, 0.4) is 0 Å². The predicted octanol–water partition coefficient (Wildman–Crippen LogP) is 0.0665. The maximum atomic E-state index is 11.5. The fraction of sp³-hybridized carbons (Fsp3) is 0.700. The zero-order chi connectivity index (χ0) is 13.4. The van der Waals surface area contributed by atoms with E-state index < -0.39 is 11.9 Å². The molecule has 0 saturated heterocycles. The van der Waals surface area contributed by atoms with Crippen molar-refractivity contribution < 1.29 is 9.59 Å². The normalized spacial score (nSPS) is 17.2. The molecule has 0 unspecified atom stereocenters. The van der Waals surface area contributed by atoms with Crippen molar-refractivity contribution in [1.29, 1.82) is 0 Å². The highest BCUT2D eigenvalue weighted by Gasteiger charge is 2.16. The number of carbonyl (C=O) groups excluding carboxylic acids is 2. The van der Waals surface area contributed by atoms with E-state index in [1.165, 1.54) is 6.42 Å². The molecule has 1 saturated carbocycles. The Kier molecular flexibility index (Phi) is 6.34. The van der Waals surface area contributed by atoms with E-state index in [0.29, 0.717) is 0 Å². The Hall–Kier alpha value is -1.44. The van der Waals surface area contributed by atoms with Crippen LogP contribution in [0.5, 0.6) is 0 Å². The second-order valence-electron chi connectivity index (χ2n) is 4.11. The molecule has 6 N–H and O–H groups in total. The number of carbonyl (C=O) groups is 2. The minimum atomic E-state index is -0.448. The first-order valence-electron chi connectivity index (χ1n) is 5.88. The highest BCUT2D eigenvalue weighted by molar-refractivity contribution is 8.14. The maximum absolute atomic E-state index is 11.5. The molecule has 3 amide bonds. The van der Waals surface area contributed by atoms with E-state index in [1.807, 2.05) is 0 Å². The minimum Gasteiger partial charge on any atom is -0.377 e. The molecule has 0 heterocycles. The third kappa shape index (κ3) is 5.76. The Balaban J connectivity index is 2.20. The van der Waals surface area contributed by atoms with E-state index in [9.17, 15) is 9.59 Å². The Bertz CT molecular complexity index is 328. The van der Waals surface area contributed by atoms with Crippen molar-refractivity contribution in [3.63, 3.8) is 0 Å². The molecule has 0 spiro atoms. The lowest BCUT2D eigenvalue weighted by Gasteiger charge is -2.22. The first-order chi connectivity index (χ1) is 8.61. The van der Waals surface area contributed by atoms with Gasteiger partial charge in [0, 0.05) is 6.04 Å². The highest BCUT2D eigenvalue weighted by atomic mass is 32.2. The van der Waals surface area contributed by atoms with Gasteiger partial charge in [-0.25, -0.2) is 4.79 Å². The van der Waals surface area contributed by atoms with Crippen molar-refractivity contribution in [2.24, 2.45) is 16.7 Å². The number of rotatable bonds is 3. The number of nitrogens with zero attached hydrogens (tertiary/aromatic N) is 1. The number of imide groups is 1. The topological polar surface area (TPSA) is 123 Å². The molecule has 0 radical (unpaired) electrons. The van der Waals surface area contributed by atoms with Crippen LogP contribution in [0.4, 0.5) is 4.79 Å². The van der Waals surface area contributed by atoms with Gasteiger partial charge >= 0.3 is 6.03 Å². The number of nitrogens with one attached hydrogen (secondary N) is 2. The molecule has 18 heavy (non-hydrogen) atoms. The first kappa shape index (κ1) is 14.6. The summed E-state index contributed by atoms with van der Waals surface area (Å²) in [7, 11) is 0.